The van der Waals surface area contributed by atoms with Crippen LogP contribution in [0.1, 0.15) is 23.2 Å². The summed E-state index contributed by atoms with van der Waals surface area (Å²) < 4.78 is 1.63. The molecule has 0 atom stereocenters. The molecule has 0 unspecified atom stereocenters. The summed E-state index contributed by atoms with van der Waals surface area (Å²) >= 11 is 0. The number of aryl methyl sites for hydroxylation is 2. The zero-order chi connectivity index (χ0) is 17.5. The number of aliphatic imine (C=N–C) groups is 1. The van der Waals surface area contributed by atoms with Gasteiger partial charge in [0, 0.05) is 20.6 Å². The molecule has 2 rings (SSSR count). The highest BCUT2D eigenvalue weighted by atomic mass is 15.3. The molecule has 0 aliphatic heterocycles. The van der Waals surface area contributed by atoms with Crippen LogP contribution in [0.15, 0.2) is 29.3 Å². The Morgan fingerprint density at radius 1 is 1.38 bits per heavy atom. The number of rotatable bonds is 5. The van der Waals surface area contributed by atoms with Crippen molar-refractivity contribution in [3.8, 4) is 11.8 Å². The van der Waals surface area contributed by atoms with Crippen LogP contribution in [0.3, 0.4) is 0 Å². The second-order valence-corrected chi connectivity index (χ2v) is 5.42. The summed E-state index contributed by atoms with van der Waals surface area (Å²) in [7, 11) is 3.53. The van der Waals surface area contributed by atoms with E-state index in [0.717, 1.165) is 35.9 Å². The number of nitrogens with zero attached hydrogens (tertiary/aromatic N) is 4. The molecule has 7 heteroatoms. The molecular formula is C17H23N7. The number of hydrogen-bond donors (Lipinski definition) is 3. The van der Waals surface area contributed by atoms with Gasteiger partial charge in [-0.1, -0.05) is 17.7 Å². The number of nitrogen functional groups attached to an aromatic ring is 1. The zero-order valence-electron chi connectivity index (χ0n) is 14.3. The zero-order valence-corrected chi connectivity index (χ0v) is 14.3. The smallest absolute Gasteiger partial charge is 0.190 e. The average molecular weight is 325 g/mol. The molecule has 2 aromatic rings. The molecule has 0 bridgehead atoms. The quantitative estimate of drug-likeness (QED) is 0.437. The van der Waals surface area contributed by atoms with Gasteiger partial charge in [0.05, 0.1) is 11.4 Å². The van der Waals surface area contributed by atoms with Gasteiger partial charge in [-0.2, -0.15) is 10.4 Å². The van der Waals surface area contributed by atoms with Gasteiger partial charge in [-0.15, -0.1) is 0 Å². The van der Waals surface area contributed by atoms with Crippen LogP contribution in [0.25, 0.3) is 5.69 Å². The van der Waals surface area contributed by atoms with Crippen molar-refractivity contribution in [3.63, 3.8) is 0 Å². The largest absolute Gasteiger partial charge is 0.382 e. The van der Waals surface area contributed by atoms with E-state index < -0.39 is 0 Å². The minimum Gasteiger partial charge on any atom is -0.382 e. The second kappa shape index (κ2) is 8.02. The van der Waals surface area contributed by atoms with Crippen LogP contribution in [-0.2, 0) is 6.42 Å². The highest BCUT2D eigenvalue weighted by molar-refractivity contribution is 5.79. The van der Waals surface area contributed by atoms with E-state index >= 15 is 0 Å². The summed E-state index contributed by atoms with van der Waals surface area (Å²) in [5.74, 6) is 1.12. The van der Waals surface area contributed by atoms with Gasteiger partial charge < -0.3 is 16.4 Å². The van der Waals surface area contributed by atoms with Gasteiger partial charge in [-0.05, 0) is 31.9 Å². The first kappa shape index (κ1) is 17.3. The summed E-state index contributed by atoms with van der Waals surface area (Å²) in [5.41, 5.74) is 9.30. The lowest BCUT2D eigenvalue weighted by atomic mass is 10.1. The van der Waals surface area contributed by atoms with Crippen LogP contribution in [0.5, 0.6) is 0 Å². The van der Waals surface area contributed by atoms with Crippen molar-refractivity contribution in [1.82, 2.24) is 20.4 Å². The summed E-state index contributed by atoms with van der Waals surface area (Å²) in [6.07, 6.45) is 1.49. The highest BCUT2D eigenvalue weighted by Gasteiger charge is 2.16. The molecule has 1 aromatic carbocycles. The molecule has 126 valence electrons. The van der Waals surface area contributed by atoms with Gasteiger partial charge in [0.15, 0.2) is 5.96 Å². The van der Waals surface area contributed by atoms with E-state index in [1.807, 2.05) is 38.2 Å². The molecular weight excluding hydrogens is 302 g/mol. The number of anilines is 1. The minimum absolute atomic E-state index is 0.385. The Hall–Kier alpha value is -3.01. The van der Waals surface area contributed by atoms with E-state index in [0.29, 0.717) is 17.8 Å². The third-order valence-corrected chi connectivity index (χ3v) is 3.73. The first-order chi connectivity index (χ1) is 11.6. The molecule has 0 radical (unpaired) electrons. The van der Waals surface area contributed by atoms with E-state index in [9.17, 15) is 5.26 Å². The molecule has 0 aliphatic rings. The predicted molar refractivity (Wildman–Crippen MR) is 96.2 cm³/mol. The number of hydrogen-bond acceptors (Lipinski definition) is 4. The Kier molecular flexibility index (Phi) is 5.79. The molecule has 24 heavy (non-hydrogen) atoms. The lowest BCUT2D eigenvalue weighted by Gasteiger charge is -2.07. The SMILES string of the molecule is CN=C(NC)NCCCc1nn(-c2ccc(C)cc2)c(N)c1C#N. The monoisotopic (exact) mass is 325 g/mol. The lowest BCUT2D eigenvalue weighted by Crippen LogP contribution is -2.35. The number of guanidine groups is 1. The maximum Gasteiger partial charge on any atom is 0.190 e. The number of benzene rings is 1. The lowest BCUT2D eigenvalue weighted by molar-refractivity contribution is 0.731. The molecule has 0 spiro atoms. The topological polar surface area (TPSA) is 104 Å². The van der Waals surface area contributed by atoms with Crippen molar-refractivity contribution >= 4 is 11.8 Å². The Morgan fingerprint density at radius 2 is 2.08 bits per heavy atom. The number of nitrogens with two attached hydrogens (primary N) is 1. The second-order valence-electron chi connectivity index (χ2n) is 5.42. The van der Waals surface area contributed by atoms with Crippen molar-refractivity contribution in [2.24, 2.45) is 4.99 Å². The van der Waals surface area contributed by atoms with Crippen molar-refractivity contribution in [1.29, 1.82) is 5.26 Å². The van der Waals surface area contributed by atoms with Gasteiger partial charge in [0.2, 0.25) is 0 Å². The van der Waals surface area contributed by atoms with Crippen LogP contribution in [0.2, 0.25) is 0 Å². The summed E-state index contributed by atoms with van der Waals surface area (Å²) in [6, 6.07) is 10.1. The van der Waals surface area contributed by atoms with E-state index in [-0.39, 0.29) is 0 Å². The molecule has 1 aromatic heterocycles. The molecule has 1 heterocycles. The predicted octanol–water partition coefficient (Wildman–Crippen LogP) is 1.36. The molecule has 0 aliphatic carbocycles. The van der Waals surface area contributed by atoms with Crippen LogP contribution in [0, 0.1) is 18.3 Å². The minimum atomic E-state index is 0.385. The average Bonchev–Trinajstić information content (AvgIpc) is 2.91. The molecule has 0 saturated carbocycles. The van der Waals surface area contributed by atoms with Crippen LogP contribution in [-0.4, -0.2) is 36.4 Å². The standard InChI is InChI=1S/C17H23N7/c1-12-6-8-13(9-7-12)24-16(19)14(11-18)15(23-24)5-4-10-22-17(20-2)21-3/h6-9H,4-5,10,19H2,1-3H3,(H2,20,21,22). The third kappa shape index (κ3) is 3.84. The number of nitriles is 1. The van der Waals surface area contributed by atoms with E-state index in [4.69, 9.17) is 5.73 Å². The van der Waals surface area contributed by atoms with Gasteiger partial charge in [0.1, 0.15) is 17.5 Å². The summed E-state index contributed by atoms with van der Waals surface area (Å²) in [5, 5.41) is 20.1. The maximum atomic E-state index is 9.40. The third-order valence-electron chi connectivity index (χ3n) is 3.73. The molecule has 4 N–H and O–H groups in total. The summed E-state index contributed by atoms with van der Waals surface area (Å²) in [4.78, 5) is 4.05. The molecule has 7 nitrogen and oxygen atoms in total. The van der Waals surface area contributed by atoms with Crippen LogP contribution < -0.4 is 16.4 Å². The Morgan fingerprint density at radius 3 is 2.67 bits per heavy atom. The van der Waals surface area contributed by atoms with Crippen molar-refractivity contribution < 1.29 is 0 Å². The number of nitrogens with one attached hydrogen (secondary N) is 2. The normalized spacial score (nSPS) is 11.2. The first-order valence-corrected chi connectivity index (χ1v) is 7.83. The fourth-order valence-electron chi connectivity index (χ4n) is 2.40. The van der Waals surface area contributed by atoms with E-state index in [1.54, 1.807) is 11.7 Å². The van der Waals surface area contributed by atoms with Gasteiger partial charge in [0.25, 0.3) is 0 Å². The Bertz CT molecular complexity index is 750. The van der Waals surface area contributed by atoms with Gasteiger partial charge in [-0.25, -0.2) is 4.68 Å². The fourth-order valence-corrected chi connectivity index (χ4v) is 2.40. The van der Waals surface area contributed by atoms with Crippen molar-refractivity contribution in [3.05, 3.63) is 41.1 Å². The highest BCUT2D eigenvalue weighted by Crippen LogP contribution is 2.21. The number of aromatic nitrogens is 2. The van der Waals surface area contributed by atoms with Gasteiger partial charge in [-0.3, -0.25) is 4.99 Å². The first-order valence-electron chi connectivity index (χ1n) is 7.83. The Balaban J connectivity index is 2.12. The van der Waals surface area contributed by atoms with E-state index in [2.05, 4.69) is 26.8 Å². The molecule has 0 saturated heterocycles. The van der Waals surface area contributed by atoms with Crippen LogP contribution in [0.4, 0.5) is 5.82 Å². The van der Waals surface area contributed by atoms with Crippen molar-refractivity contribution in [2.75, 3.05) is 26.4 Å². The van der Waals surface area contributed by atoms with Crippen molar-refractivity contribution in [2.45, 2.75) is 19.8 Å². The fraction of sp³-hybridized carbons (Fsp3) is 0.353. The van der Waals surface area contributed by atoms with Crippen LogP contribution >= 0.6 is 0 Å². The van der Waals surface area contributed by atoms with Gasteiger partial charge >= 0.3 is 0 Å². The summed E-state index contributed by atoms with van der Waals surface area (Å²) in [6.45, 7) is 2.75. The Labute approximate surface area is 142 Å². The molecule has 0 amide bonds. The van der Waals surface area contributed by atoms with E-state index in [1.165, 1.54) is 0 Å². The maximum absolute atomic E-state index is 9.40. The molecule has 0 fully saturated rings.